The Morgan fingerprint density at radius 1 is 1.40 bits per heavy atom. The molecular formula is C13H18N4O2S. The lowest BCUT2D eigenvalue weighted by molar-refractivity contribution is -0.142. The predicted octanol–water partition coefficient (Wildman–Crippen LogP) is 2.57. The van der Waals surface area contributed by atoms with Gasteiger partial charge in [-0.25, -0.2) is 15.0 Å². The molecule has 0 aliphatic rings. The number of fused-ring (bicyclic) bond motifs is 1. The van der Waals surface area contributed by atoms with Gasteiger partial charge in [0.2, 0.25) is 0 Å². The molecule has 2 heterocycles. The van der Waals surface area contributed by atoms with Crippen LogP contribution in [0.3, 0.4) is 0 Å². The maximum Gasteiger partial charge on any atom is 0.319 e. The van der Waals surface area contributed by atoms with Crippen molar-refractivity contribution in [1.82, 2.24) is 19.9 Å². The van der Waals surface area contributed by atoms with Crippen LogP contribution in [0.4, 0.5) is 0 Å². The molecule has 1 unspecified atom stereocenters. The summed E-state index contributed by atoms with van der Waals surface area (Å²) in [7, 11) is 0. The smallest absolute Gasteiger partial charge is 0.319 e. The van der Waals surface area contributed by atoms with Crippen molar-refractivity contribution in [2.24, 2.45) is 0 Å². The average Bonchev–Trinajstić information content (AvgIpc) is 2.92. The third kappa shape index (κ3) is 3.47. The minimum Gasteiger partial charge on any atom is -0.465 e. The molecule has 0 spiro atoms. The zero-order chi connectivity index (χ0) is 14.4. The summed E-state index contributed by atoms with van der Waals surface area (Å²) in [6.07, 6.45) is 5.85. The second kappa shape index (κ2) is 7.23. The fraction of sp³-hybridized carbons (Fsp3) is 0.538. The second-order valence-electron chi connectivity index (χ2n) is 4.28. The van der Waals surface area contributed by atoms with Crippen molar-refractivity contribution in [2.45, 2.75) is 43.4 Å². The molecule has 0 aromatic carbocycles. The molecule has 0 fully saturated rings. The predicted molar refractivity (Wildman–Crippen MR) is 77.5 cm³/mol. The molecule has 0 aliphatic carbocycles. The number of carbonyl (C=O) groups excluding carboxylic acids is 1. The van der Waals surface area contributed by atoms with Gasteiger partial charge in [-0.2, -0.15) is 0 Å². The standard InChI is InChI=1S/C13H18N4O2S/c1-3-5-6-9(13(18)19-4-2)20-12-10-11(15-7-14-10)16-8-17-12/h7-9H,3-6H2,1-2H3,(H,14,15,16,17). The van der Waals surface area contributed by atoms with Gasteiger partial charge in [-0.1, -0.05) is 31.5 Å². The fourth-order valence-electron chi connectivity index (χ4n) is 1.81. The van der Waals surface area contributed by atoms with Gasteiger partial charge in [0, 0.05) is 0 Å². The highest BCUT2D eigenvalue weighted by molar-refractivity contribution is 8.00. The first kappa shape index (κ1) is 14.8. The van der Waals surface area contributed by atoms with Crippen molar-refractivity contribution in [1.29, 1.82) is 0 Å². The van der Waals surface area contributed by atoms with E-state index in [1.54, 1.807) is 6.33 Å². The van der Waals surface area contributed by atoms with E-state index in [4.69, 9.17) is 4.74 Å². The molecule has 0 aliphatic heterocycles. The van der Waals surface area contributed by atoms with Crippen LogP contribution in [0.5, 0.6) is 0 Å². The molecule has 1 N–H and O–H groups in total. The molecule has 1 atom stereocenters. The van der Waals surface area contributed by atoms with E-state index in [0.717, 1.165) is 19.3 Å². The summed E-state index contributed by atoms with van der Waals surface area (Å²) in [5.74, 6) is -0.187. The highest BCUT2D eigenvalue weighted by Crippen LogP contribution is 2.29. The van der Waals surface area contributed by atoms with E-state index in [-0.39, 0.29) is 11.2 Å². The van der Waals surface area contributed by atoms with Gasteiger partial charge in [0.1, 0.15) is 22.1 Å². The lowest BCUT2D eigenvalue weighted by atomic mass is 10.2. The number of imidazole rings is 1. The van der Waals surface area contributed by atoms with E-state index in [0.29, 0.717) is 22.8 Å². The van der Waals surface area contributed by atoms with Gasteiger partial charge in [-0.3, -0.25) is 4.79 Å². The summed E-state index contributed by atoms with van der Waals surface area (Å²) >= 11 is 1.40. The van der Waals surface area contributed by atoms with Crippen LogP contribution in [0.1, 0.15) is 33.1 Å². The SMILES string of the molecule is CCCCC(Sc1ncnc2[nH]cnc12)C(=O)OCC. The van der Waals surface area contributed by atoms with Gasteiger partial charge in [0.15, 0.2) is 5.65 Å². The van der Waals surface area contributed by atoms with Gasteiger partial charge >= 0.3 is 5.97 Å². The van der Waals surface area contributed by atoms with Crippen LogP contribution in [0, 0.1) is 0 Å². The van der Waals surface area contributed by atoms with Gasteiger partial charge in [-0.15, -0.1) is 0 Å². The average molecular weight is 294 g/mol. The first-order valence-corrected chi connectivity index (χ1v) is 7.61. The third-order valence-corrected chi connectivity index (χ3v) is 4.04. The molecule has 108 valence electrons. The van der Waals surface area contributed by atoms with Crippen molar-refractivity contribution >= 4 is 28.9 Å². The number of aromatic nitrogens is 4. The van der Waals surface area contributed by atoms with E-state index in [1.807, 2.05) is 6.92 Å². The fourth-order valence-corrected chi connectivity index (χ4v) is 2.90. The van der Waals surface area contributed by atoms with E-state index in [9.17, 15) is 4.79 Å². The van der Waals surface area contributed by atoms with Crippen LogP contribution in [-0.4, -0.2) is 37.8 Å². The molecule has 0 bridgehead atoms. The number of unbranched alkanes of at least 4 members (excludes halogenated alkanes) is 1. The first-order valence-electron chi connectivity index (χ1n) is 6.73. The minimum atomic E-state index is -0.246. The summed E-state index contributed by atoms with van der Waals surface area (Å²) in [6.45, 7) is 4.31. The quantitative estimate of drug-likeness (QED) is 0.480. The molecule has 7 heteroatoms. The second-order valence-corrected chi connectivity index (χ2v) is 5.47. The number of rotatable bonds is 7. The number of hydrogen-bond acceptors (Lipinski definition) is 6. The number of aromatic amines is 1. The van der Waals surface area contributed by atoms with E-state index < -0.39 is 0 Å². The largest absolute Gasteiger partial charge is 0.465 e. The number of H-pyrrole nitrogens is 1. The van der Waals surface area contributed by atoms with Gasteiger partial charge in [0.25, 0.3) is 0 Å². The van der Waals surface area contributed by atoms with Gasteiger partial charge in [-0.05, 0) is 13.3 Å². The monoisotopic (exact) mass is 294 g/mol. The Morgan fingerprint density at radius 3 is 3.00 bits per heavy atom. The molecule has 2 aromatic rings. The van der Waals surface area contributed by atoms with Crippen molar-refractivity contribution in [3.63, 3.8) is 0 Å². The van der Waals surface area contributed by atoms with Crippen LogP contribution < -0.4 is 0 Å². The zero-order valence-electron chi connectivity index (χ0n) is 11.6. The number of esters is 1. The molecule has 0 saturated carbocycles. The number of hydrogen-bond donors (Lipinski definition) is 1. The maximum absolute atomic E-state index is 12.0. The summed E-state index contributed by atoms with van der Waals surface area (Å²) in [5, 5.41) is 0.468. The van der Waals surface area contributed by atoms with E-state index >= 15 is 0 Å². The minimum absolute atomic E-state index is 0.187. The zero-order valence-corrected chi connectivity index (χ0v) is 12.4. The van der Waals surface area contributed by atoms with Gasteiger partial charge in [0.05, 0.1) is 12.9 Å². The highest BCUT2D eigenvalue weighted by Gasteiger charge is 2.23. The summed E-state index contributed by atoms with van der Waals surface area (Å²) in [6, 6.07) is 0. The molecule has 0 radical (unpaired) electrons. The van der Waals surface area contributed by atoms with Crippen LogP contribution in [0.15, 0.2) is 17.7 Å². The summed E-state index contributed by atoms with van der Waals surface area (Å²) in [4.78, 5) is 27.5. The number of carbonyl (C=O) groups is 1. The number of nitrogens with zero attached hydrogens (tertiary/aromatic N) is 3. The van der Waals surface area contributed by atoms with Crippen molar-refractivity contribution in [2.75, 3.05) is 6.61 Å². The summed E-state index contributed by atoms with van der Waals surface area (Å²) in [5.41, 5.74) is 1.38. The lowest BCUT2D eigenvalue weighted by Crippen LogP contribution is -2.20. The van der Waals surface area contributed by atoms with Crippen molar-refractivity contribution < 1.29 is 9.53 Å². The lowest BCUT2D eigenvalue weighted by Gasteiger charge is -2.14. The summed E-state index contributed by atoms with van der Waals surface area (Å²) < 4.78 is 5.14. The molecule has 0 amide bonds. The van der Waals surface area contributed by atoms with Crippen LogP contribution >= 0.6 is 11.8 Å². The number of ether oxygens (including phenoxy) is 1. The number of nitrogens with one attached hydrogen (secondary N) is 1. The van der Waals surface area contributed by atoms with Crippen LogP contribution in [0.2, 0.25) is 0 Å². The highest BCUT2D eigenvalue weighted by atomic mass is 32.2. The normalized spacial score (nSPS) is 12.5. The van der Waals surface area contributed by atoms with E-state index in [1.165, 1.54) is 18.1 Å². The molecular weight excluding hydrogens is 276 g/mol. The van der Waals surface area contributed by atoms with Crippen LogP contribution in [0.25, 0.3) is 11.2 Å². The molecule has 6 nitrogen and oxygen atoms in total. The Kier molecular flexibility index (Phi) is 5.34. The van der Waals surface area contributed by atoms with E-state index in [2.05, 4.69) is 26.9 Å². The Labute approximate surface area is 121 Å². The Hall–Kier alpha value is -1.63. The third-order valence-electron chi connectivity index (χ3n) is 2.81. The topological polar surface area (TPSA) is 80.8 Å². The Morgan fingerprint density at radius 2 is 2.25 bits per heavy atom. The van der Waals surface area contributed by atoms with Crippen LogP contribution in [-0.2, 0) is 9.53 Å². The van der Waals surface area contributed by atoms with Crippen molar-refractivity contribution in [3.05, 3.63) is 12.7 Å². The Bertz CT molecular complexity index is 572. The molecule has 2 rings (SSSR count). The van der Waals surface area contributed by atoms with Gasteiger partial charge < -0.3 is 9.72 Å². The first-order chi connectivity index (χ1) is 9.76. The molecule has 20 heavy (non-hydrogen) atoms. The Balaban J connectivity index is 2.17. The molecule has 2 aromatic heterocycles. The molecule has 0 saturated heterocycles. The van der Waals surface area contributed by atoms with Crippen molar-refractivity contribution in [3.8, 4) is 0 Å². The number of thioether (sulfide) groups is 1. The maximum atomic E-state index is 12.0.